The number of halogens is 1. The lowest BCUT2D eigenvalue weighted by Gasteiger charge is -2.33. The molecule has 8 nitrogen and oxygen atoms in total. The summed E-state index contributed by atoms with van der Waals surface area (Å²) in [5, 5.41) is 11.3. The van der Waals surface area contributed by atoms with Crippen molar-refractivity contribution in [3.8, 4) is 5.88 Å². The summed E-state index contributed by atoms with van der Waals surface area (Å²) in [6.07, 6.45) is 1.24. The molecule has 3 fully saturated rings. The topological polar surface area (TPSA) is 102 Å². The molecule has 2 bridgehead atoms. The number of pyridine rings is 1. The summed E-state index contributed by atoms with van der Waals surface area (Å²) in [7, 11) is 0. The van der Waals surface area contributed by atoms with E-state index in [0.29, 0.717) is 23.0 Å². The molecule has 4 unspecified atom stereocenters. The molecular formula is C23H20ClN3O5S. The molecule has 33 heavy (non-hydrogen) atoms. The number of fused-ring (bicyclic) bond motifs is 6. The summed E-state index contributed by atoms with van der Waals surface area (Å²) >= 11 is 7.32. The molecule has 3 aliphatic heterocycles. The maximum Gasteiger partial charge on any atom is 0.240 e. The molecule has 3 aliphatic rings. The largest absolute Gasteiger partial charge is 0.478 e. The van der Waals surface area contributed by atoms with Crippen LogP contribution in [0, 0.1) is 11.8 Å². The van der Waals surface area contributed by atoms with Gasteiger partial charge in [0.05, 0.1) is 56.6 Å². The highest BCUT2D eigenvalue weighted by molar-refractivity contribution is 7.16. The van der Waals surface area contributed by atoms with Crippen molar-refractivity contribution in [3.05, 3.63) is 47.1 Å². The highest BCUT2D eigenvalue weighted by Crippen LogP contribution is 2.62. The molecule has 0 saturated carbocycles. The van der Waals surface area contributed by atoms with E-state index in [-0.39, 0.29) is 24.8 Å². The molecule has 5 heterocycles. The van der Waals surface area contributed by atoms with E-state index in [2.05, 4.69) is 9.97 Å². The molecular weight excluding hydrogens is 466 g/mol. The second-order valence-corrected chi connectivity index (χ2v) is 10.3. The third-order valence-electron chi connectivity index (χ3n) is 7.16. The van der Waals surface area contributed by atoms with Gasteiger partial charge in [0.15, 0.2) is 0 Å². The molecule has 1 N–H and O–H groups in total. The summed E-state index contributed by atoms with van der Waals surface area (Å²) in [6.45, 7) is 1.95. The van der Waals surface area contributed by atoms with Gasteiger partial charge in [-0.3, -0.25) is 9.59 Å². The van der Waals surface area contributed by atoms with Crippen molar-refractivity contribution in [2.45, 2.75) is 37.1 Å². The smallest absolute Gasteiger partial charge is 0.240 e. The number of rotatable bonds is 5. The van der Waals surface area contributed by atoms with E-state index in [0.717, 1.165) is 10.2 Å². The SMILES string of the molecule is CC12OC(CCOc3ccc(Cl)cn3)(CC1O)C1C(=O)N(c3ccc4ncsc4c3)C(=O)[C@H]12. The number of aliphatic hydroxyl groups excluding tert-OH is 1. The number of carbonyl (C=O) groups is 2. The van der Waals surface area contributed by atoms with Crippen molar-refractivity contribution in [1.82, 2.24) is 9.97 Å². The molecule has 0 aliphatic carbocycles. The fraction of sp³-hybridized carbons (Fsp3) is 0.391. The number of hydrogen-bond donors (Lipinski definition) is 1. The highest BCUT2D eigenvalue weighted by atomic mass is 35.5. The Morgan fingerprint density at radius 2 is 2.06 bits per heavy atom. The Morgan fingerprint density at radius 3 is 2.85 bits per heavy atom. The van der Waals surface area contributed by atoms with Crippen LogP contribution in [0.25, 0.3) is 10.2 Å². The average Bonchev–Trinajstić information content (AvgIpc) is 3.48. The molecule has 170 valence electrons. The minimum absolute atomic E-state index is 0.217. The van der Waals surface area contributed by atoms with Crippen LogP contribution < -0.4 is 9.64 Å². The zero-order valence-electron chi connectivity index (χ0n) is 17.6. The minimum atomic E-state index is -1.13. The number of carbonyl (C=O) groups excluding carboxylic acids is 2. The standard InChI is InChI=1S/C23H20ClN3O5S/c1-22-16(28)9-23(32-22,6-7-31-17-5-2-12(24)10-25-17)19-18(22)20(29)27(21(19)30)13-3-4-14-15(8-13)33-11-26-14/h2-5,8,10-11,16,18-19,28H,6-7,9H2,1H3/t16?,18-,19?,22?,23?/m0/s1. The molecule has 6 rings (SSSR count). The molecule has 2 amide bonds. The van der Waals surface area contributed by atoms with Crippen LogP contribution in [-0.4, -0.2) is 50.8 Å². The monoisotopic (exact) mass is 485 g/mol. The van der Waals surface area contributed by atoms with Gasteiger partial charge in [0.1, 0.15) is 5.60 Å². The molecule has 0 radical (unpaired) electrons. The lowest BCUT2D eigenvalue weighted by atomic mass is 9.66. The lowest BCUT2D eigenvalue weighted by molar-refractivity contribution is -0.134. The van der Waals surface area contributed by atoms with Crippen LogP contribution in [-0.2, 0) is 14.3 Å². The first-order valence-electron chi connectivity index (χ1n) is 10.7. The predicted molar refractivity (Wildman–Crippen MR) is 121 cm³/mol. The van der Waals surface area contributed by atoms with Crippen molar-refractivity contribution in [3.63, 3.8) is 0 Å². The number of imide groups is 1. The predicted octanol–water partition coefficient (Wildman–Crippen LogP) is 3.21. The summed E-state index contributed by atoms with van der Waals surface area (Å²) in [5.41, 5.74) is 0.955. The third-order valence-corrected chi connectivity index (χ3v) is 8.18. The van der Waals surface area contributed by atoms with Gasteiger partial charge in [-0.1, -0.05) is 11.6 Å². The number of amides is 2. The number of ether oxygens (including phenoxy) is 2. The highest BCUT2D eigenvalue weighted by Gasteiger charge is 2.77. The Balaban J connectivity index is 1.30. The van der Waals surface area contributed by atoms with Gasteiger partial charge >= 0.3 is 0 Å². The van der Waals surface area contributed by atoms with Crippen molar-refractivity contribution in [2.24, 2.45) is 11.8 Å². The molecule has 1 aromatic carbocycles. The number of benzene rings is 1. The minimum Gasteiger partial charge on any atom is -0.478 e. The van der Waals surface area contributed by atoms with Crippen LogP contribution in [0.4, 0.5) is 5.69 Å². The number of anilines is 1. The van der Waals surface area contributed by atoms with Gasteiger partial charge in [0, 0.05) is 25.1 Å². The molecule has 10 heteroatoms. The van der Waals surface area contributed by atoms with Crippen LogP contribution in [0.2, 0.25) is 5.02 Å². The second-order valence-electron chi connectivity index (χ2n) is 8.96. The van der Waals surface area contributed by atoms with Crippen molar-refractivity contribution in [1.29, 1.82) is 0 Å². The number of hydrogen-bond acceptors (Lipinski definition) is 8. The van der Waals surface area contributed by atoms with Gasteiger partial charge < -0.3 is 14.6 Å². The Hall–Kier alpha value is -2.59. The van der Waals surface area contributed by atoms with Gasteiger partial charge in [-0.25, -0.2) is 14.9 Å². The van der Waals surface area contributed by atoms with E-state index < -0.39 is 29.1 Å². The van der Waals surface area contributed by atoms with Gasteiger partial charge in [-0.15, -0.1) is 11.3 Å². The number of nitrogens with zero attached hydrogens (tertiary/aromatic N) is 3. The maximum absolute atomic E-state index is 13.7. The van der Waals surface area contributed by atoms with E-state index in [1.807, 2.05) is 6.07 Å². The Labute approximate surface area is 198 Å². The first-order chi connectivity index (χ1) is 15.8. The molecule has 2 aromatic heterocycles. The summed E-state index contributed by atoms with van der Waals surface area (Å²) in [6, 6.07) is 8.70. The van der Waals surface area contributed by atoms with Crippen LogP contribution in [0.1, 0.15) is 19.8 Å². The van der Waals surface area contributed by atoms with Crippen LogP contribution in [0.5, 0.6) is 5.88 Å². The van der Waals surface area contributed by atoms with E-state index in [4.69, 9.17) is 21.1 Å². The van der Waals surface area contributed by atoms with Crippen LogP contribution >= 0.6 is 22.9 Å². The summed E-state index contributed by atoms with van der Waals surface area (Å²) in [4.78, 5) is 36.8. The first kappa shape index (κ1) is 21.0. The van der Waals surface area contributed by atoms with E-state index in [1.54, 1.807) is 36.7 Å². The van der Waals surface area contributed by atoms with Gasteiger partial charge in [-0.2, -0.15) is 0 Å². The van der Waals surface area contributed by atoms with E-state index in [1.165, 1.54) is 22.4 Å². The molecule has 0 spiro atoms. The number of thiazole rings is 1. The maximum atomic E-state index is 13.7. The van der Waals surface area contributed by atoms with E-state index >= 15 is 0 Å². The van der Waals surface area contributed by atoms with Gasteiger partial charge in [0.25, 0.3) is 0 Å². The van der Waals surface area contributed by atoms with Gasteiger partial charge in [-0.05, 0) is 31.2 Å². The van der Waals surface area contributed by atoms with Crippen molar-refractivity contribution in [2.75, 3.05) is 11.5 Å². The molecule has 3 aromatic rings. The Bertz CT molecular complexity index is 1280. The number of aliphatic hydroxyl groups is 1. The third kappa shape index (κ3) is 2.96. The summed E-state index contributed by atoms with van der Waals surface area (Å²) in [5.74, 6) is -1.66. The van der Waals surface area contributed by atoms with E-state index in [9.17, 15) is 14.7 Å². The Kier molecular flexibility index (Phi) is 4.58. The zero-order chi connectivity index (χ0) is 23.0. The van der Waals surface area contributed by atoms with Crippen molar-refractivity contribution >= 4 is 50.7 Å². The Morgan fingerprint density at radius 1 is 1.24 bits per heavy atom. The second kappa shape index (κ2) is 7.20. The number of aromatic nitrogens is 2. The van der Waals surface area contributed by atoms with Gasteiger partial charge in [0.2, 0.25) is 17.7 Å². The first-order valence-corrected chi connectivity index (χ1v) is 11.9. The van der Waals surface area contributed by atoms with Crippen LogP contribution in [0.3, 0.4) is 0 Å². The molecule has 5 atom stereocenters. The normalized spacial score (nSPS) is 32.7. The zero-order valence-corrected chi connectivity index (χ0v) is 19.2. The quantitative estimate of drug-likeness (QED) is 0.553. The average molecular weight is 486 g/mol. The van der Waals surface area contributed by atoms with Crippen molar-refractivity contribution < 1.29 is 24.2 Å². The summed E-state index contributed by atoms with van der Waals surface area (Å²) < 4.78 is 13.0. The molecule has 3 saturated heterocycles. The fourth-order valence-corrected chi connectivity index (χ4v) is 6.46. The van der Waals surface area contributed by atoms with Crippen LogP contribution in [0.15, 0.2) is 42.0 Å². The lowest BCUT2D eigenvalue weighted by Crippen LogP contribution is -2.49. The fourth-order valence-electron chi connectivity index (χ4n) is 5.64.